The van der Waals surface area contributed by atoms with Crippen LogP contribution in [0.1, 0.15) is 13.8 Å². The summed E-state index contributed by atoms with van der Waals surface area (Å²) in [6.07, 6.45) is -0.148. The second-order valence-corrected chi connectivity index (χ2v) is 7.47. The zero-order valence-electron chi connectivity index (χ0n) is 11.5. The summed E-state index contributed by atoms with van der Waals surface area (Å²) in [6.45, 7) is 3.66. The zero-order valence-corrected chi connectivity index (χ0v) is 22.2. The molecule has 0 fully saturated rings. The van der Waals surface area contributed by atoms with Crippen LogP contribution in [0.25, 0.3) is 0 Å². The summed E-state index contributed by atoms with van der Waals surface area (Å²) in [5.41, 5.74) is 0. The van der Waals surface area contributed by atoms with Gasteiger partial charge in [0.15, 0.2) is 0 Å². The summed E-state index contributed by atoms with van der Waals surface area (Å²) in [4.78, 5) is 0. The van der Waals surface area contributed by atoms with Crippen LogP contribution in [0.3, 0.4) is 0 Å². The summed E-state index contributed by atoms with van der Waals surface area (Å²) < 4.78 is 1.25. The third-order valence-electron chi connectivity index (χ3n) is 1.34. The number of hydrogen-bond acceptors (Lipinski definition) is 8. The maximum atomic E-state index is 4.61. The van der Waals surface area contributed by atoms with E-state index in [9.17, 15) is 0 Å². The molecule has 0 aromatic rings. The predicted molar refractivity (Wildman–Crippen MR) is 111 cm³/mol. The fourth-order valence-corrected chi connectivity index (χ4v) is 2.19. The van der Waals surface area contributed by atoms with Crippen LogP contribution in [0.15, 0.2) is 0 Å². The molecule has 0 aromatic heterocycles. The van der Waals surface area contributed by atoms with Crippen molar-refractivity contribution < 1.29 is 36.5 Å². The molecule has 0 aliphatic carbocycles. The molecular formula is C8H12MnN4S8Zn. The van der Waals surface area contributed by atoms with Gasteiger partial charge in [0.05, 0.1) is 12.3 Å². The Kier molecular flexibility index (Phi) is 27.0. The summed E-state index contributed by atoms with van der Waals surface area (Å²) in [5, 5.41) is 11.0. The quantitative estimate of drug-likeness (QED) is 0.172. The van der Waals surface area contributed by atoms with E-state index in [2.05, 4.69) is 121 Å². The maximum absolute atomic E-state index is 4.61. The van der Waals surface area contributed by atoms with E-state index < -0.39 is 0 Å². The van der Waals surface area contributed by atoms with E-state index in [1.54, 1.807) is 0 Å². The Morgan fingerprint density at radius 3 is 0.864 bits per heavy atom. The average molecular weight is 541 g/mol. The first-order valence-corrected chi connectivity index (χ1v) is 8.21. The molecule has 0 aliphatic heterocycles. The van der Waals surface area contributed by atoms with Gasteiger partial charge in [-0.3, -0.25) is 0 Å². The fraction of sp³-hybridized carbons (Fsp3) is 0.500. The molecule has 0 rings (SSSR count). The first-order valence-electron chi connectivity index (χ1n) is 4.94. The van der Waals surface area contributed by atoms with Gasteiger partial charge in [-0.15, -0.1) is 0 Å². The molecule has 121 valence electrons. The van der Waals surface area contributed by atoms with Gasteiger partial charge in [-0.05, 0) is 13.8 Å². The number of rotatable bonds is 4. The van der Waals surface area contributed by atoms with Gasteiger partial charge in [-0.1, -0.05) is 17.3 Å². The van der Waals surface area contributed by atoms with Crippen LogP contribution in [0.5, 0.6) is 0 Å². The van der Waals surface area contributed by atoms with Crippen molar-refractivity contribution in [3.63, 3.8) is 0 Å². The summed E-state index contributed by atoms with van der Waals surface area (Å²) in [6, 6.07) is 0. The molecule has 14 heteroatoms. The number of nitrogens with one attached hydrogen (secondary N) is 4. The molecule has 4 N–H and O–H groups in total. The summed E-state index contributed by atoms with van der Waals surface area (Å²) in [5.74, 6) is 0. The molecule has 0 bridgehead atoms. The van der Waals surface area contributed by atoms with Gasteiger partial charge in [-0.2, -0.15) is 0 Å². The van der Waals surface area contributed by atoms with Crippen molar-refractivity contribution in [1.82, 2.24) is 21.3 Å². The van der Waals surface area contributed by atoms with E-state index in [-0.39, 0.29) is 48.9 Å². The van der Waals surface area contributed by atoms with Gasteiger partial charge in [0.2, 0.25) is 0 Å². The molecule has 1 radical (unpaired) electrons. The van der Waals surface area contributed by atoms with Crippen LogP contribution in [0, 0.1) is 0 Å². The van der Waals surface area contributed by atoms with E-state index in [1.807, 2.05) is 13.8 Å². The van der Waals surface area contributed by atoms with Crippen molar-refractivity contribution in [3.05, 3.63) is 0 Å². The zero-order chi connectivity index (χ0) is 16.3. The Bertz CT molecular complexity index is 306. The largest absolute Gasteiger partial charge is 2.00 e. The monoisotopic (exact) mass is 539 g/mol. The summed E-state index contributed by atoms with van der Waals surface area (Å²) in [7, 11) is 0. The second-order valence-electron chi connectivity index (χ2n) is 3.17. The maximum Gasteiger partial charge on any atom is 2.00 e. The minimum atomic E-state index is -0.0741. The van der Waals surface area contributed by atoms with Crippen LogP contribution in [0.2, 0.25) is 0 Å². The standard InChI is InChI=1S/2C4H8N2S4.Mn.Zn/c2*1-2(5-3(7)8)6-4(9)10;;/h2*2H,1H3,(H2,5,7,8)(H2,6,9,10);;/q;;2*+2/p-4. The molecule has 0 unspecified atom stereocenters. The molecule has 0 atom stereocenters. The first kappa shape index (κ1) is 31.4. The third kappa shape index (κ3) is 29.6. The Hall–Kier alpha value is 1.58. The van der Waals surface area contributed by atoms with Crippen LogP contribution in [-0.2, 0) is 87.1 Å². The minimum Gasteiger partial charge on any atom is -0.412 e. The van der Waals surface area contributed by atoms with E-state index >= 15 is 0 Å². The normalized spacial score (nSPS) is 8.18. The van der Waals surface area contributed by atoms with Crippen molar-refractivity contribution in [1.29, 1.82) is 0 Å². The van der Waals surface area contributed by atoms with Gasteiger partial charge in [-0.25, -0.2) is 0 Å². The predicted octanol–water partition coefficient (Wildman–Crippen LogP) is 0.345. The van der Waals surface area contributed by atoms with Gasteiger partial charge in [0, 0.05) is 0 Å². The third-order valence-corrected chi connectivity index (χ3v) is 2.28. The Morgan fingerprint density at radius 1 is 0.636 bits per heavy atom. The SMILES string of the molecule is CC(NC(=S)[S-])NC(=S)[S-].CC(NC(=S)[S-])NC(=S)[S-].[Mn+2].[Zn+2]. The fourth-order valence-electron chi connectivity index (χ4n) is 0.779. The van der Waals surface area contributed by atoms with Crippen molar-refractivity contribution in [2.24, 2.45) is 0 Å². The molecule has 22 heavy (non-hydrogen) atoms. The van der Waals surface area contributed by atoms with Crippen LogP contribution in [-0.4, -0.2) is 29.6 Å². The van der Waals surface area contributed by atoms with Crippen molar-refractivity contribution in [2.75, 3.05) is 0 Å². The van der Waals surface area contributed by atoms with E-state index in [1.165, 1.54) is 0 Å². The van der Waals surface area contributed by atoms with Crippen molar-refractivity contribution >= 4 is 117 Å². The van der Waals surface area contributed by atoms with Gasteiger partial charge in [0.1, 0.15) is 0 Å². The molecule has 0 heterocycles. The molecule has 0 spiro atoms. The Morgan fingerprint density at radius 2 is 0.773 bits per heavy atom. The smallest absolute Gasteiger partial charge is 0.412 e. The molecule has 4 nitrogen and oxygen atoms in total. The van der Waals surface area contributed by atoms with Crippen molar-refractivity contribution in [2.45, 2.75) is 26.2 Å². The molecule has 0 aliphatic rings. The Balaban J connectivity index is -0.000000135. The van der Waals surface area contributed by atoms with E-state index in [0.29, 0.717) is 17.3 Å². The van der Waals surface area contributed by atoms with Gasteiger partial charge >= 0.3 is 36.5 Å². The second kappa shape index (κ2) is 18.9. The number of thiocarbonyl (C=S) groups is 4. The Labute approximate surface area is 198 Å². The minimum absolute atomic E-state index is 0. The van der Waals surface area contributed by atoms with E-state index in [0.717, 1.165) is 0 Å². The first-order chi connectivity index (χ1) is 9.04. The van der Waals surface area contributed by atoms with E-state index in [4.69, 9.17) is 0 Å². The topological polar surface area (TPSA) is 48.1 Å². The van der Waals surface area contributed by atoms with Crippen LogP contribution >= 0.6 is 48.9 Å². The van der Waals surface area contributed by atoms with Crippen molar-refractivity contribution in [3.8, 4) is 0 Å². The van der Waals surface area contributed by atoms with Crippen LogP contribution < -0.4 is 21.3 Å². The molecule has 0 saturated heterocycles. The van der Waals surface area contributed by atoms with Crippen LogP contribution in [0.4, 0.5) is 0 Å². The molecule has 0 saturated carbocycles. The molecular weight excluding hydrogens is 529 g/mol. The summed E-state index contributed by atoms with van der Waals surface area (Å²) >= 11 is 36.9. The van der Waals surface area contributed by atoms with Gasteiger partial charge in [0.25, 0.3) is 0 Å². The average Bonchev–Trinajstić information content (AvgIpc) is 2.11. The number of hydrogen-bond donors (Lipinski definition) is 4. The van der Waals surface area contributed by atoms with Gasteiger partial charge < -0.3 is 121 Å². The molecule has 0 aromatic carbocycles. The molecule has 0 amide bonds.